The first-order chi connectivity index (χ1) is 15.1. The van der Waals surface area contributed by atoms with Gasteiger partial charge in [0.25, 0.3) is 0 Å². The van der Waals surface area contributed by atoms with Crippen LogP contribution in [0.15, 0.2) is 79.1 Å². The lowest BCUT2D eigenvalue weighted by Gasteiger charge is -2.00. The van der Waals surface area contributed by atoms with E-state index in [1.54, 1.807) is 16.9 Å². The van der Waals surface area contributed by atoms with E-state index in [0.717, 1.165) is 33.1 Å². The quantitative estimate of drug-likeness (QED) is 0.328. The van der Waals surface area contributed by atoms with E-state index in [4.69, 9.17) is 0 Å². The summed E-state index contributed by atoms with van der Waals surface area (Å²) in [7, 11) is 0. The van der Waals surface area contributed by atoms with E-state index in [2.05, 4.69) is 67.6 Å². The largest absolute Gasteiger partial charge is 0.278 e. The lowest BCUT2D eigenvalue weighted by atomic mass is 10.1. The molecule has 1 N–H and O–H groups in total. The van der Waals surface area contributed by atoms with Crippen molar-refractivity contribution in [3.05, 3.63) is 102 Å². The summed E-state index contributed by atoms with van der Waals surface area (Å²) in [6.07, 6.45) is 3.63. The number of alkyl halides is 1. The van der Waals surface area contributed by atoms with Gasteiger partial charge in [0.1, 0.15) is 11.5 Å². The van der Waals surface area contributed by atoms with E-state index in [-0.39, 0.29) is 5.82 Å². The van der Waals surface area contributed by atoms with Gasteiger partial charge in [0.2, 0.25) is 0 Å². The van der Waals surface area contributed by atoms with Gasteiger partial charge in [-0.25, -0.2) is 9.07 Å². The molecule has 0 fully saturated rings. The number of nitrogens with one attached hydrogen (secondary N) is 1. The van der Waals surface area contributed by atoms with Crippen molar-refractivity contribution in [2.24, 2.45) is 0 Å². The minimum Gasteiger partial charge on any atom is -0.278 e. The Balaban J connectivity index is 0.000000217. The van der Waals surface area contributed by atoms with E-state index in [1.807, 2.05) is 30.5 Å². The van der Waals surface area contributed by atoms with E-state index >= 15 is 0 Å². The first-order valence-electron chi connectivity index (χ1n) is 9.81. The van der Waals surface area contributed by atoms with E-state index in [9.17, 15) is 4.39 Å². The predicted octanol–water partition coefficient (Wildman–Crippen LogP) is 5.90. The fraction of sp³-hybridized carbons (Fsp3) is 0.125. The molecule has 0 bridgehead atoms. The number of rotatable bonds is 4. The van der Waals surface area contributed by atoms with Gasteiger partial charge in [0, 0.05) is 16.3 Å². The molecule has 0 aliphatic heterocycles. The van der Waals surface area contributed by atoms with Crippen LogP contribution >= 0.6 is 15.9 Å². The van der Waals surface area contributed by atoms with Crippen LogP contribution in [0.1, 0.15) is 16.7 Å². The van der Waals surface area contributed by atoms with Crippen LogP contribution in [0, 0.1) is 12.7 Å². The van der Waals surface area contributed by atoms with Crippen LogP contribution in [-0.4, -0.2) is 25.2 Å². The third-order valence-corrected chi connectivity index (χ3v) is 5.52. The second kappa shape index (κ2) is 9.66. The summed E-state index contributed by atoms with van der Waals surface area (Å²) in [6, 6.07) is 20.8. The molecule has 0 saturated carbocycles. The first-order valence-corrected chi connectivity index (χ1v) is 10.9. The van der Waals surface area contributed by atoms with E-state index in [0.29, 0.717) is 6.54 Å². The molecule has 0 unspecified atom stereocenters. The minimum absolute atomic E-state index is 0.247. The zero-order chi connectivity index (χ0) is 21.6. The van der Waals surface area contributed by atoms with Crippen molar-refractivity contribution in [3.8, 4) is 11.3 Å². The third-order valence-electron chi connectivity index (χ3n) is 4.91. The molecule has 0 spiro atoms. The Kier molecular flexibility index (Phi) is 6.52. The van der Waals surface area contributed by atoms with Crippen LogP contribution in [-0.2, 0) is 11.9 Å². The molecule has 31 heavy (non-hydrogen) atoms. The van der Waals surface area contributed by atoms with Gasteiger partial charge in [0.05, 0.1) is 24.5 Å². The maximum atomic E-state index is 13.2. The molecule has 0 aliphatic rings. The molecule has 3 aromatic carbocycles. The number of halogens is 2. The average Bonchev–Trinajstić information content (AvgIpc) is 3.43. The highest BCUT2D eigenvalue weighted by molar-refractivity contribution is 9.08. The third kappa shape index (κ3) is 5.24. The molecule has 0 radical (unpaired) electrons. The minimum atomic E-state index is -0.247. The van der Waals surface area contributed by atoms with Gasteiger partial charge in [-0.3, -0.25) is 5.10 Å². The molecular weight excluding hydrogens is 457 g/mol. The zero-order valence-corrected chi connectivity index (χ0v) is 18.6. The maximum absolute atomic E-state index is 13.2. The summed E-state index contributed by atoms with van der Waals surface area (Å²) in [6.45, 7) is 2.61. The summed E-state index contributed by atoms with van der Waals surface area (Å²) < 4.78 is 14.9. The van der Waals surface area contributed by atoms with Crippen molar-refractivity contribution in [3.63, 3.8) is 0 Å². The second-order valence-electron chi connectivity index (χ2n) is 7.16. The smallest absolute Gasteiger partial charge is 0.123 e. The van der Waals surface area contributed by atoms with Crippen LogP contribution in [0.2, 0.25) is 0 Å². The van der Waals surface area contributed by atoms with E-state index in [1.165, 1.54) is 23.3 Å². The van der Waals surface area contributed by atoms with Crippen molar-refractivity contribution in [1.29, 1.82) is 0 Å². The topological polar surface area (TPSA) is 59.4 Å². The summed E-state index contributed by atoms with van der Waals surface area (Å²) >= 11 is 3.41. The number of H-pyrrole nitrogens is 1. The normalized spacial score (nSPS) is 10.7. The Labute approximate surface area is 188 Å². The number of hydrogen-bond donors (Lipinski definition) is 1. The van der Waals surface area contributed by atoms with Gasteiger partial charge in [-0.15, -0.1) is 5.10 Å². The molecular formula is C24H21BrFN5. The van der Waals surface area contributed by atoms with Crippen LogP contribution < -0.4 is 0 Å². The van der Waals surface area contributed by atoms with Crippen molar-refractivity contribution in [1.82, 2.24) is 25.2 Å². The SMILES string of the molecule is Cc1ccccc1CBr.Fc1cccc(Cn2cc(-c3ccc4[nH]ncc4c3)nn2)c1. The van der Waals surface area contributed by atoms with Gasteiger partial charge >= 0.3 is 0 Å². The molecule has 0 saturated heterocycles. The summed E-state index contributed by atoms with van der Waals surface area (Å²) in [5.41, 5.74) is 6.31. The van der Waals surface area contributed by atoms with Crippen LogP contribution in [0.5, 0.6) is 0 Å². The molecule has 0 aliphatic carbocycles. The number of nitrogens with zero attached hydrogens (tertiary/aromatic N) is 4. The highest BCUT2D eigenvalue weighted by Crippen LogP contribution is 2.21. The fourth-order valence-corrected chi connectivity index (χ4v) is 3.82. The lowest BCUT2D eigenvalue weighted by Crippen LogP contribution is -2.00. The molecule has 2 heterocycles. The maximum Gasteiger partial charge on any atom is 0.123 e. The van der Waals surface area contributed by atoms with Gasteiger partial charge < -0.3 is 0 Å². The monoisotopic (exact) mass is 477 g/mol. The van der Waals surface area contributed by atoms with Gasteiger partial charge in [-0.05, 0) is 47.9 Å². The Morgan fingerprint density at radius 1 is 1.03 bits per heavy atom. The predicted molar refractivity (Wildman–Crippen MR) is 124 cm³/mol. The molecule has 5 rings (SSSR count). The Bertz CT molecular complexity index is 1290. The number of fused-ring (bicyclic) bond motifs is 1. The molecule has 5 aromatic rings. The average molecular weight is 478 g/mol. The molecule has 2 aromatic heterocycles. The van der Waals surface area contributed by atoms with Crippen molar-refractivity contribution in [2.45, 2.75) is 18.8 Å². The fourth-order valence-electron chi connectivity index (χ4n) is 3.19. The van der Waals surface area contributed by atoms with Crippen molar-refractivity contribution < 1.29 is 4.39 Å². The van der Waals surface area contributed by atoms with Gasteiger partial charge in [-0.2, -0.15) is 5.10 Å². The van der Waals surface area contributed by atoms with Crippen molar-refractivity contribution >= 4 is 26.8 Å². The zero-order valence-electron chi connectivity index (χ0n) is 17.0. The van der Waals surface area contributed by atoms with Gasteiger partial charge in [0.15, 0.2) is 0 Å². The number of hydrogen-bond acceptors (Lipinski definition) is 3. The first kappa shape index (κ1) is 20.9. The van der Waals surface area contributed by atoms with E-state index < -0.39 is 0 Å². The number of aromatic amines is 1. The number of aromatic nitrogens is 5. The molecule has 5 nitrogen and oxygen atoms in total. The van der Waals surface area contributed by atoms with Crippen LogP contribution in [0.3, 0.4) is 0 Å². The molecule has 0 atom stereocenters. The summed E-state index contributed by atoms with van der Waals surface area (Å²) in [5, 5.41) is 17.2. The Morgan fingerprint density at radius 3 is 2.68 bits per heavy atom. The molecule has 156 valence electrons. The molecule has 7 heteroatoms. The summed E-state index contributed by atoms with van der Waals surface area (Å²) in [4.78, 5) is 0. The van der Waals surface area contributed by atoms with Gasteiger partial charge in [-0.1, -0.05) is 63.6 Å². The highest BCUT2D eigenvalue weighted by atomic mass is 79.9. The lowest BCUT2D eigenvalue weighted by molar-refractivity contribution is 0.614. The Morgan fingerprint density at radius 2 is 1.90 bits per heavy atom. The Hall–Kier alpha value is -3.32. The summed E-state index contributed by atoms with van der Waals surface area (Å²) in [5.74, 6) is -0.247. The molecule has 0 amide bonds. The number of benzene rings is 3. The number of aryl methyl sites for hydroxylation is 1. The standard InChI is InChI=1S/C16H12FN5.C8H9Br/c17-14-3-1-2-11(6-14)9-22-10-16(20-21-22)12-4-5-15-13(7-12)8-18-19-15;1-7-4-2-3-5-8(7)6-9/h1-8,10H,9H2,(H,18,19);2-5H,6H2,1H3. The van der Waals surface area contributed by atoms with Crippen LogP contribution in [0.25, 0.3) is 22.2 Å². The second-order valence-corrected chi connectivity index (χ2v) is 7.72. The van der Waals surface area contributed by atoms with Crippen LogP contribution in [0.4, 0.5) is 4.39 Å². The van der Waals surface area contributed by atoms with Crippen molar-refractivity contribution in [2.75, 3.05) is 0 Å². The highest BCUT2D eigenvalue weighted by Gasteiger charge is 2.06.